The zero-order valence-corrected chi connectivity index (χ0v) is 16.7. The summed E-state index contributed by atoms with van der Waals surface area (Å²) in [7, 11) is 1.62. The van der Waals surface area contributed by atoms with Gasteiger partial charge < -0.3 is 15.0 Å². The van der Waals surface area contributed by atoms with Gasteiger partial charge in [0.1, 0.15) is 5.52 Å². The van der Waals surface area contributed by atoms with E-state index in [0.717, 1.165) is 35.2 Å². The minimum absolute atomic E-state index is 0.147. The van der Waals surface area contributed by atoms with Crippen LogP contribution >= 0.6 is 0 Å². The number of nitrogens with one attached hydrogen (secondary N) is 1. The van der Waals surface area contributed by atoms with E-state index in [1.54, 1.807) is 20.2 Å². The van der Waals surface area contributed by atoms with Gasteiger partial charge in [-0.1, -0.05) is 0 Å². The van der Waals surface area contributed by atoms with Crippen molar-refractivity contribution in [2.45, 2.75) is 13.0 Å². The van der Waals surface area contributed by atoms with Gasteiger partial charge in [-0.2, -0.15) is 10.1 Å². The molecule has 0 spiro atoms. The van der Waals surface area contributed by atoms with E-state index >= 15 is 0 Å². The summed E-state index contributed by atoms with van der Waals surface area (Å²) in [5.41, 5.74) is 3.90. The largest absolute Gasteiger partial charge is 0.479 e. The number of likely N-dealkylation sites (tertiary alicyclic amines) is 1. The van der Waals surface area contributed by atoms with E-state index in [9.17, 15) is 4.79 Å². The smallest absolute Gasteiger partial charge is 0.244 e. The Bertz CT molecular complexity index is 1280. The lowest BCUT2D eigenvalue weighted by molar-refractivity contribution is -0.128. The van der Waals surface area contributed by atoms with Crippen molar-refractivity contribution < 1.29 is 9.53 Å². The van der Waals surface area contributed by atoms with Gasteiger partial charge in [0.25, 0.3) is 0 Å². The van der Waals surface area contributed by atoms with Gasteiger partial charge in [-0.3, -0.25) is 4.79 Å². The topological polar surface area (TPSA) is 89.1 Å². The van der Waals surface area contributed by atoms with Crippen LogP contribution in [0.25, 0.3) is 22.2 Å². The summed E-state index contributed by atoms with van der Waals surface area (Å²) in [6.45, 7) is 3.24. The van der Waals surface area contributed by atoms with Crippen LogP contribution in [0.2, 0.25) is 0 Å². The number of ether oxygens (including phenoxy) is 1. The third kappa shape index (κ3) is 2.54. The van der Waals surface area contributed by atoms with E-state index in [1.807, 2.05) is 44.5 Å². The van der Waals surface area contributed by atoms with Crippen molar-refractivity contribution in [1.29, 1.82) is 0 Å². The van der Waals surface area contributed by atoms with Crippen LogP contribution in [-0.4, -0.2) is 61.3 Å². The molecule has 1 saturated heterocycles. The minimum atomic E-state index is 0.147. The second-order valence-corrected chi connectivity index (χ2v) is 8.01. The summed E-state index contributed by atoms with van der Waals surface area (Å²) >= 11 is 0. The number of carbonyl (C=O) groups is 1. The molecule has 4 aromatic heterocycles. The van der Waals surface area contributed by atoms with E-state index in [1.165, 1.54) is 0 Å². The number of methoxy groups -OCH3 is 1. The first-order valence-electron chi connectivity index (χ1n) is 10.0. The Morgan fingerprint density at radius 1 is 1.17 bits per heavy atom. The molecule has 3 atom stereocenters. The molecule has 0 bridgehead atoms. The van der Waals surface area contributed by atoms with E-state index in [-0.39, 0.29) is 5.91 Å². The van der Waals surface area contributed by atoms with Crippen molar-refractivity contribution in [3.63, 3.8) is 0 Å². The monoisotopic (exact) mass is 403 g/mol. The molecule has 9 nitrogen and oxygen atoms in total. The molecule has 1 aliphatic heterocycles. The van der Waals surface area contributed by atoms with E-state index in [2.05, 4.69) is 26.6 Å². The molecule has 2 fully saturated rings. The van der Waals surface area contributed by atoms with Gasteiger partial charge in [-0.05, 0) is 29.8 Å². The average Bonchev–Trinajstić information content (AvgIpc) is 3.23. The number of hydrogen-bond donors (Lipinski definition) is 1. The van der Waals surface area contributed by atoms with Crippen molar-refractivity contribution in [2.24, 2.45) is 11.8 Å². The Labute approximate surface area is 172 Å². The second kappa shape index (κ2) is 6.19. The normalized spacial score (nSPS) is 22.5. The summed E-state index contributed by atoms with van der Waals surface area (Å²) in [6.07, 6.45) is 5.64. The lowest BCUT2D eigenvalue weighted by Gasteiger charge is -2.18. The fraction of sp³-hybridized carbons (Fsp3) is 0.333. The summed E-state index contributed by atoms with van der Waals surface area (Å²) in [6, 6.07) is 8.40. The zero-order chi connectivity index (χ0) is 20.4. The number of amides is 1. The molecule has 9 heteroatoms. The molecular weight excluding hydrogens is 382 g/mol. The maximum Gasteiger partial charge on any atom is 0.244 e. The van der Waals surface area contributed by atoms with Crippen molar-refractivity contribution >= 4 is 22.9 Å². The molecule has 1 amide bonds. The lowest BCUT2D eigenvalue weighted by atomic mass is 10.1. The number of nitrogens with zero attached hydrogens (tertiary/aromatic N) is 6. The first-order valence-corrected chi connectivity index (χ1v) is 10.0. The molecule has 1 saturated carbocycles. The van der Waals surface area contributed by atoms with Crippen LogP contribution in [0, 0.1) is 11.8 Å². The molecule has 152 valence electrons. The van der Waals surface area contributed by atoms with Crippen molar-refractivity contribution in [1.82, 2.24) is 29.1 Å². The SMILES string of the molecule is COc1nc(N[C@@H]2[C@@H]3CN(C(C)=O)C[C@@H]32)nn2ccc(-c3ccn4nccc4c3)c12. The van der Waals surface area contributed by atoms with Crippen LogP contribution in [-0.2, 0) is 4.79 Å². The average molecular weight is 403 g/mol. The van der Waals surface area contributed by atoms with Crippen LogP contribution in [0.5, 0.6) is 5.88 Å². The van der Waals surface area contributed by atoms with Gasteiger partial charge in [0, 0.05) is 62.0 Å². The fourth-order valence-electron chi connectivity index (χ4n) is 4.66. The standard InChI is InChI=1S/C21H21N7O2/c1-12(29)26-10-16-17(11-26)18(16)23-21-24-20(30-2)19-15(5-8-28(19)25-21)13-4-7-27-14(9-13)3-6-22-27/h3-9,16-18H,10-11H2,1-2H3,(H,23,25)/t16-,17+,18-. The quantitative estimate of drug-likeness (QED) is 0.560. The van der Waals surface area contributed by atoms with Crippen LogP contribution < -0.4 is 10.1 Å². The molecule has 0 radical (unpaired) electrons. The summed E-state index contributed by atoms with van der Waals surface area (Å²) in [5.74, 6) is 2.16. The highest BCUT2D eigenvalue weighted by Crippen LogP contribution is 2.47. The third-order valence-corrected chi connectivity index (χ3v) is 6.32. The van der Waals surface area contributed by atoms with Crippen LogP contribution in [0.15, 0.2) is 42.9 Å². The number of hydrogen-bond acceptors (Lipinski definition) is 6. The number of fused-ring (bicyclic) bond motifs is 3. The molecule has 2 aliphatic rings. The predicted octanol–water partition coefficient (Wildman–Crippen LogP) is 1.94. The van der Waals surface area contributed by atoms with Crippen LogP contribution in [0.1, 0.15) is 6.92 Å². The molecule has 5 heterocycles. The minimum Gasteiger partial charge on any atom is -0.479 e. The third-order valence-electron chi connectivity index (χ3n) is 6.32. The van der Waals surface area contributed by atoms with E-state index < -0.39 is 0 Å². The molecule has 6 rings (SSSR count). The molecule has 1 aliphatic carbocycles. The van der Waals surface area contributed by atoms with Gasteiger partial charge in [0.2, 0.25) is 17.7 Å². The van der Waals surface area contributed by atoms with Gasteiger partial charge in [0.05, 0.1) is 12.6 Å². The van der Waals surface area contributed by atoms with Crippen LogP contribution in [0.3, 0.4) is 0 Å². The van der Waals surface area contributed by atoms with Crippen molar-refractivity contribution in [2.75, 3.05) is 25.5 Å². The van der Waals surface area contributed by atoms with Gasteiger partial charge in [-0.25, -0.2) is 9.03 Å². The molecule has 0 unspecified atom stereocenters. The summed E-state index contributed by atoms with van der Waals surface area (Å²) in [5, 5.41) is 12.4. The highest BCUT2D eigenvalue weighted by molar-refractivity contribution is 5.85. The van der Waals surface area contributed by atoms with Crippen LogP contribution in [0.4, 0.5) is 5.95 Å². The highest BCUT2D eigenvalue weighted by atomic mass is 16.5. The van der Waals surface area contributed by atoms with Gasteiger partial charge >= 0.3 is 0 Å². The Balaban J connectivity index is 1.31. The van der Waals surface area contributed by atoms with Crippen molar-refractivity contribution in [3.8, 4) is 17.0 Å². The number of pyridine rings is 1. The maximum absolute atomic E-state index is 11.5. The Morgan fingerprint density at radius 3 is 2.73 bits per heavy atom. The second-order valence-electron chi connectivity index (χ2n) is 8.01. The van der Waals surface area contributed by atoms with E-state index in [0.29, 0.717) is 29.7 Å². The fourth-order valence-corrected chi connectivity index (χ4v) is 4.66. The number of rotatable bonds is 4. The number of piperidine rings is 1. The molecule has 0 aromatic carbocycles. The Kier molecular flexibility index (Phi) is 3.56. The number of aromatic nitrogens is 5. The highest BCUT2D eigenvalue weighted by Gasteiger charge is 2.56. The van der Waals surface area contributed by atoms with Gasteiger partial charge in [0.15, 0.2) is 0 Å². The number of anilines is 1. The first-order chi connectivity index (χ1) is 14.6. The first kappa shape index (κ1) is 17.3. The Hall–Kier alpha value is -3.62. The summed E-state index contributed by atoms with van der Waals surface area (Å²) < 4.78 is 9.26. The molecule has 30 heavy (non-hydrogen) atoms. The predicted molar refractivity (Wildman–Crippen MR) is 110 cm³/mol. The summed E-state index contributed by atoms with van der Waals surface area (Å²) in [4.78, 5) is 18.1. The molecule has 4 aromatic rings. The maximum atomic E-state index is 11.5. The number of carbonyl (C=O) groups excluding carboxylic acids is 1. The lowest BCUT2D eigenvalue weighted by Crippen LogP contribution is -2.32. The van der Waals surface area contributed by atoms with Gasteiger partial charge in [-0.15, -0.1) is 5.10 Å². The van der Waals surface area contributed by atoms with Crippen molar-refractivity contribution in [3.05, 3.63) is 42.9 Å². The zero-order valence-electron chi connectivity index (χ0n) is 16.7. The van der Waals surface area contributed by atoms with E-state index in [4.69, 9.17) is 4.74 Å². The molecule has 1 N–H and O–H groups in total. The Morgan fingerprint density at radius 2 is 1.97 bits per heavy atom. The molecular formula is C21H21N7O2.